The average molecular weight is 341 g/mol. The number of amides is 1. The van der Waals surface area contributed by atoms with Crippen molar-refractivity contribution in [1.82, 2.24) is 5.32 Å². The maximum Gasteiger partial charge on any atom is 0.251 e. The summed E-state index contributed by atoms with van der Waals surface area (Å²) in [4.78, 5) is 12.5. The van der Waals surface area contributed by atoms with E-state index in [-0.39, 0.29) is 5.91 Å². The molecule has 0 spiro atoms. The summed E-state index contributed by atoms with van der Waals surface area (Å²) >= 11 is 0. The third-order valence-corrected chi connectivity index (χ3v) is 4.19. The minimum atomic E-state index is -0.761. The lowest BCUT2D eigenvalue weighted by atomic mass is 9.97. The predicted octanol–water partition coefficient (Wildman–Crippen LogP) is 3.24. The van der Waals surface area contributed by atoms with E-state index in [4.69, 9.17) is 0 Å². The number of aliphatic hydroxyl groups excluding tert-OH is 1. The Hall–Kier alpha value is -2.17. The van der Waals surface area contributed by atoms with Crippen molar-refractivity contribution in [3.05, 3.63) is 71.3 Å². The van der Waals surface area contributed by atoms with Crippen LogP contribution >= 0.6 is 0 Å². The van der Waals surface area contributed by atoms with Crippen LogP contribution in [0.3, 0.4) is 0 Å². The highest BCUT2D eigenvalue weighted by molar-refractivity contribution is 5.94. The Labute approximate surface area is 149 Å². The maximum atomic E-state index is 12.5. The van der Waals surface area contributed by atoms with Gasteiger partial charge < -0.3 is 15.5 Å². The number of rotatable bonds is 7. The molecule has 0 saturated heterocycles. The zero-order valence-corrected chi connectivity index (χ0v) is 15.1. The van der Waals surface area contributed by atoms with E-state index in [0.717, 1.165) is 11.1 Å². The van der Waals surface area contributed by atoms with Crippen LogP contribution in [-0.4, -0.2) is 27.8 Å². The molecule has 0 heterocycles. The summed E-state index contributed by atoms with van der Waals surface area (Å²) < 4.78 is 0. The molecule has 4 nitrogen and oxygen atoms in total. The van der Waals surface area contributed by atoms with Crippen LogP contribution in [-0.2, 0) is 6.42 Å². The summed E-state index contributed by atoms with van der Waals surface area (Å²) in [5, 5.41) is 23.1. The monoisotopic (exact) mass is 341 g/mol. The Bertz CT molecular complexity index is 692. The summed E-state index contributed by atoms with van der Waals surface area (Å²) in [5.74, 6) is -0.215. The summed E-state index contributed by atoms with van der Waals surface area (Å²) in [6.45, 7) is 5.33. The number of nitrogens with one attached hydrogen (secondary N) is 1. The van der Waals surface area contributed by atoms with Crippen LogP contribution < -0.4 is 5.32 Å². The molecule has 25 heavy (non-hydrogen) atoms. The smallest absolute Gasteiger partial charge is 0.251 e. The second kappa shape index (κ2) is 8.28. The van der Waals surface area contributed by atoms with Gasteiger partial charge in [0.1, 0.15) is 0 Å². The summed E-state index contributed by atoms with van der Waals surface area (Å²) in [7, 11) is 0. The lowest BCUT2D eigenvalue weighted by molar-refractivity contribution is 0.0714. The largest absolute Gasteiger partial charge is 0.390 e. The summed E-state index contributed by atoms with van der Waals surface area (Å²) in [6.07, 6.45) is 0.567. The minimum absolute atomic E-state index is 0.215. The van der Waals surface area contributed by atoms with Crippen LogP contribution in [0.1, 0.15) is 54.8 Å². The molecule has 0 fully saturated rings. The van der Waals surface area contributed by atoms with Gasteiger partial charge in [0.2, 0.25) is 0 Å². The first-order valence-corrected chi connectivity index (χ1v) is 8.61. The van der Waals surface area contributed by atoms with Crippen LogP contribution in [0.4, 0.5) is 0 Å². The van der Waals surface area contributed by atoms with Gasteiger partial charge in [-0.1, -0.05) is 42.5 Å². The lowest BCUT2D eigenvalue weighted by Gasteiger charge is -2.21. The highest BCUT2D eigenvalue weighted by Gasteiger charge is 2.19. The number of aryl methyl sites for hydroxylation is 1. The second-order valence-electron chi connectivity index (χ2n) is 7.13. The van der Waals surface area contributed by atoms with Crippen molar-refractivity contribution >= 4 is 5.91 Å². The van der Waals surface area contributed by atoms with Crippen molar-refractivity contribution in [2.75, 3.05) is 0 Å². The van der Waals surface area contributed by atoms with Gasteiger partial charge in [0.25, 0.3) is 5.91 Å². The van der Waals surface area contributed by atoms with Gasteiger partial charge in [0.05, 0.1) is 17.7 Å². The van der Waals surface area contributed by atoms with Gasteiger partial charge in [-0.3, -0.25) is 4.79 Å². The molecule has 0 unspecified atom stereocenters. The van der Waals surface area contributed by atoms with Crippen molar-refractivity contribution in [3.8, 4) is 0 Å². The predicted molar refractivity (Wildman–Crippen MR) is 99.4 cm³/mol. The molecule has 0 aromatic heterocycles. The minimum Gasteiger partial charge on any atom is -0.390 e. The molecule has 3 N–H and O–H groups in total. The molecule has 0 saturated carbocycles. The zero-order chi connectivity index (χ0) is 18.4. The summed E-state index contributed by atoms with van der Waals surface area (Å²) in [6, 6.07) is 16.3. The molecule has 134 valence electrons. The first kappa shape index (κ1) is 19.2. The molecule has 0 bridgehead atoms. The van der Waals surface area contributed by atoms with Gasteiger partial charge in [0, 0.05) is 5.56 Å². The quantitative estimate of drug-likeness (QED) is 0.724. The van der Waals surface area contributed by atoms with Crippen LogP contribution in [0.15, 0.2) is 54.6 Å². The average Bonchev–Trinajstić information content (AvgIpc) is 2.59. The normalized spacial score (nSPS) is 14.0. The molecule has 2 aromatic rings. The SMILES string of the molecule is C[C@H](NC(=O)c1cccc(CCC(C)(C)O)c1)[C@H](O)c1ccccc1. The van der Waals surface area contributed by atoms with Crippen LogP contribution in [0.2, 0.25) is 0 Å². The standard InChI is InChI=1S/C21H27NO3/c1-15(19(23)17-9-5-4-6-10-17)22-20(24)18-11-7-8-16(14-18)12-13-21(2,3)25/h4-11,14-15,19,23,25H,12-13H2,1-3H3,(H,22,24)/t15-,19-/m0/s1. The van der Waals surface area contributed by atoms with E-state index < -0.39 is 17.7 Å². The van der Waals surface area contributed by atoms with Gasteiger partial charge >= 0.3 is 0 Å². The van der Waals surface area contributed by atoms with Crippen molar-refractivity contribution in [1.29, 1.82) is 0 Å². The third kappa shape index (κ3) is 6.00. The molecule has 0 aliphatic heterocycles. The zero-order valence-electron chi connectivity index (χ0n) is 15.1. The van der Waals surface area contributed by atoms with Gasteiger partial charge in [-0.2, -0.15) is 0 Å². The van der Waals surface area contributed by atoms with E-state index in [1.54, 1.807) is 26.8 Å². The third-order valence-electron chi connectivity index (χ3n) is 4.19. The van der Waals surface area contributed by atoms with Crippen LogP contribution in [0.5, 0.6) is 0 Å². The topological polar surface area (TPSA) is 69.6 Å². The van der Waals surface area contributed by atoms with E-state index in [0.29, 0.717) is 18.4 Å². The molecule has 0 aliphatic carbocycles. The van der Waals surface area contributed by atoms with Crippen molar-refractivity contribution in [3.63, 3.8) is 0 Å². The van der Waals surface area contributed by atoms with E-state index in [1.165, 1.54) is 0 Å². The number of hydrogen-bond donors (Lipinski definition) is 3. The first-order valence-electron chi connectivity index (χ1n) is 8.61. The van der Waals surface area contributed by atoms with E-state index >= 15 is 0 Å². The van der Waals surface area contributed by atoms with Gasteiger partial charge in [-0.05, 0) is 56.9 Å². The fraction of sp³-hybridized carbons (Fsp3) is 0.381. The van der Waals surface area contributed by atoms with E-state index in [9.17, 15) is 15.0 Å². The Morgan fingerprint density at radius 3 is 2.44 bits per heavy atom. The van der Waals surface area contributed by atoms with Crippen molar-refractivity contribution < 1.29 is 15.0 Å². The first-order chi connectivity index (χ1) is 11.8. The number of aliphatic hydroxyl groups is 2. The highest BCUT2D eigenvalue weighted by atomic mass is 16.3. The molecule has 2 aromatic carbocycles. The Balaban J connectivity index is 2.00. The van der Waals surface area contributed by atoms with Gasteiger partial charge in [-0.15, -0.1) is 0 Å². The number of hydrogen-bond acceptors (Lipinski definition) is 3. The second-order valence-corrected chi connectivity index (χ2v) is 7.13. The molecular formula is C21H27NO3. The highest BCUT2D eigenvalue weighted by Crippen LogP contribution is 2.17. The Kier molecular flexibility index (Phi) is 6.34. The number of carbonyl (C=O) groups excluding carboxylic acids is 1. The molecule has 2 rings (SSSR count). The molecule has 1 amide bonds. The number of benzene rings is 2. The summed E-state index contributed by atoms with van der Waals surface area (Å²) in [5.41, 5.74) is 1.60. The van der Waals surface area contributed by atoms with Crippen LogP contribution in [0.25, 0.3) is 0 Å². The molecule has 2 atom stereocenters. The molecule has 4 heteroatoms. The van der Waals surface area contributed by atoms with Gasteiger partial charge in [0.15, 0.2) is 0 Å². The van der Waals surface area contributed by atoms with E-state index in [2.05, 4.69) is 5.32 Å². The fourth-order valence-corrected chi connectivity index (χ4v) is 2.63. The molecule has 0 radical (unpaired) electrons. The molecular weight excluding hydrogens is 314 g/mol. The van der Waals surface area contributed by atoms with E-state index in [1.807, 2.05) is 48.5 Å². The Morgan fingerprint density at radius 2 is 1.80 bits per heavy atom. The fourth-order valence-electron chi connectivity index (χ4n) is 2.63. The molecule has 0 aliphatic rings. The Morgan fingerprint density at radius 1 is 1.12 bits per heavy atom. The van der Waals surface area contributed by atoms with Crippen LogP contribution in [0, 0.1) is 0 Å². The lowest BCUT2D eigenvalue weighted by Crippen LogP contribution is -2.37. The van der Waals surface area contributed by atoms with Crippen molar-refractivity contribution in [2.24, 2.45) is 0 Å². The van der Waals surface area contributed by atoms with Gasteiger partial charge in [-0.25, -0.2) is 0 Å². The number of carbonyl (C=O) groups is 1. The maximum absolute atomic E-state index is 12.5. The van der Waals surface area contributed by atoms with Crippen molar-refractivity contribution in [2.45, 2.75) is 51.4 Å².